The zero-order valence-corrected chi connectivity index (χ0v) is 26.9. The maximum atomic E-state index is 16.8. The summed E-state index contributed by atoms with van der Waals surface area (Å²) in [5.41, 5.74) is 1.79. The van der Waals surface area contributed by atoms with Crippen LogP contribution in [0.3, 0.4) is 0 Å². The number of esters is 4. The van der Waals surface area contributed by atoms with Crippen molar-refractivity contribution in [2.75, 3.05) is 26.1 Å². The van der Waals surface area contributed by atoms with Gasteiger partial charge in [-0.25, -0.2) is 23.8 Å². The third-order valence-corrected chi connectivity index (χ3v) is 8.63. The highest BCUT2D eigenvalue weighted by Crippen LogP contribution is 2.60. The van der Waals surface area contributed by atoms with Crippen LogP contribution >= 0.6 is 22.9 Å². The van der Waals surface area contributed by atoms with Gasteiger partial charge in [-0.3, -0.25) is 9.36 Å². The summed E-state index contributed by atoms with van der Waals surface area (Å²) in [6.45, 7) is 5.86. The van der Waals surface area contributed by atoms with E-state index in [1.165, 1.54) is 43.3 Å². The second-order valence-electron chi connectivity index (χ2n) is 10.8. The molecule has 248 valence electrons. The van der Waals surface area contributed by atoms with Gasteiger partial charge in [0.25, 0.3) is 5.60 Å². The first kappa shape index (κ1) is 33.4. The van der Waals surface area contributed by atoms with Crippen LogP contribution < -0.4 is 5.73 Å². The number of nitrogen functional groups attached to an aromatic ring is 1. The number of rotatable bonds is 12. The third kappa shape index (κ3) is 5.54. The molecule has 15 nitrogen and oxygen atoms in total. The molecular weight excluding hydrogens is 653 g/mol. The number of nitrogens with zero attached hydrogens (tertiary/aromatic N) is 4. The predicted molar refractivity (Wildman–Crippen MR) is 157 cm³/mol. The Kier molecular flexibility index (Phi) is 9.23. The molecule has 2 aliphatic rings. The Bertz CT molecular complexity index is 1660. The summed E-state index contributed by atoms with van der Waals surface area (Å²) in [4.78, 5) is 64.5. The minimum absolute atomic E-state index is 0.0492. The van der Waals surface area contributed by atoms with Crippen LogP contribution in [0, 0.1) is 5.92 Å². The molecule has 0 spiro atoms. The number of thiophene rings is 1. The third-order valence-electron chi connectivity index (χ3n) is 7.50. The van der Waals surface area contributed by atoms with Crippen molar-refractivity contribution in [3.8, 4) is 0 Å². The Hall–Kier alpha value is -3.93. The number of methoxy groups -OCH3 is 1. The minimum atomic E-state index is -2.51. The Morgan fingerprint density at radius 3 is 2.48 bits per heavy atom. The van der Waals surface area contributed by atoms with Crippen molar-refractivity contribution >= 4 is 63.8 Å². The highest BCUT2D eigenvalue weighted by molar-refractivity contribution is 7.12. The molecule has 3 aromatic rings. The van der Waals surface area contributed by atoms with Gasteiger partial charge >= 0.3 is 23.9 Å². The lowest BCUT2D eigenvalue weighted by Gasteiger charge is -2.32. The number of aromatic nitrogens is 4. The molecule has 1 aliphatic carbocycles. The molecule has 5 atom stereocenters. The molecule has 1 saturated heterocycles. The van der Waals surface area contributed by atoms with Gasteiger partial charge in [0, 0.05) is 6.42 Å². The zero-order valence-electron chi connectivity index (χ0n) is 25.4. The molecule has 4 heterocycles. The number of imidazole rings is 1. The summed E-state index contributed by atoms with van der Waals surface area (Å²) in [5.74, 6) is -4.43. The van der Waals surface area contributed by atoms with E-state index in [-0.39, 0.29) is 40.4 Å². The summed E-state index contributed by atoms with van der Waals surface area (Å²) in [7, 11) is 1.21. The molecular formula is C28H31ClFN5O10S. The van der Waals surface area contributed by atoms with Crippen molar-refractivity contribution in [3.05, 3.63) is 33.5 Å². The fraction of sp³-hybridized carbons (Fsp3) is 0.536. The van der Waals surface area contributed by atoms with Crippen molar-refractivity contribution < 1.29 is 52.0 Å². The average Bonchev–Trinajstić information content (AvgIpc) is 3.42. The Labute approximate surface area is 270 Å². The van der Waals surface area contributed by atoms with Gasteiger partial charge in [0.05, 0.1) is 32.6 Å². The topological polar surface area (TPSA) is 193 Å². The number of halogens is 2. The van der Waals surface area contributed by atoms with Crippen LogP contribution in [0.1, 0.15) is 49.2 Å². The second-order valence-corrected chi connectivity index (χ2v) is 12.0. The van der Waals surface area contributed by atoms with Crippen LogP contribution in [-0.2, 0) is 49.2 Å². The van der Waals surface area contributed by atoms with Gasteiger partial charge < -0.3 is 34.2 Å². The molecule has 1 aliphatic heterocycles. The lowest BCUT2D eigenvalue weighted by Crippen LogP contribution is -2.55. The molecule has 0 bridgehead atoms. The summed E-state index contributed by atoms with van der Waals surface area (Å²) >= 11 is 7.00. The quantitative estimate of drug-likeness (QED) is 0.127. The van der Waals surface area contributed by atoms with E-state index in [0.29, 0.717) is 5.56 Å². The summed E-state index contributed by atoms with van der Waals surface area (Å²) in [5, 5.41) is 1.31. The van der Waals surface area contributed by atoms with E-state index in [0.717, 1.165) is 11.3 Å². The van der Waals surface area contributed by atoms with Gasteiger partial charge in [-0.15, -0.1) is 11.3 Å². The number of anilines is 1. The van der Waals surface area contributed by atoms with Crippen LogP contribution in [0.5, 0.6) is 0 Å². The van der Waals surface area contributed by atoms with Gasteiger partial charge in [0.1, 0.15) is 22.6 Å². The Balaban J connectivity index is 1.55. The SMILES string of the molecule is CCOC(=O)C(Cc1csc(C(=O)OC)c1)(OC1[C@H]2O[C@@H](n3cnc4c(N)nc(Cl)nc43)[C@@H](F)[C@@]12OC(=O)C(C)C)C(=O)OCC. The van der Waals surface area contributed by atoms with Gasteiger partial charge in [-0.2, -0.15) is 9.97 Å². The maximum Gasteiger partial charge on any atom is 0.350 e. The van der Waals surface area contributed by atoms with Gasteiger partial charge in [0.15, 0.2) is 23.9 Å². The molecule has 0 radical (unpaired) electrons. The lowest BCUT2D eigenvalue weighted by molar-refractivity contribution is -0.203. The van der Waals surface area contributed by atoms with E-state index < -0.39 is 72.0 Å². The minimum Gasteiger partial charge on any atom is -0.465 e. The van der Waals surface area contributed by atoms with E-state index >= 15 is 4.39 Å². The smallest absolute Gasteiger partial charge is 0.350 e. The molecule has 18 heteroatoms. The van der Waals surface area contributed by atoms with Crippen molar-refractivity contribution in [2.45, 2.75) is 69.9 Å². The molecule has 1 unspecified atom stereocenters. The first-order chi connectivity index (χ1) is 21.8. The molecule has 2 fully saturated rings. The first-order valence-corrected chi connectivity index (χ1v) is 15.5. The van der Waals surface area contributed by atoms with Crippen molar-refractivity contribution in [1.29, 1.82) is 0 Å². The molecule has 0 aromatic carbocycles. The Morgan fingerprint density at radius 1 is 1.20 bits per heavy atom. The van der Waals surface area contributed by atoms with Crippen LogP contribution in [0.4, 0.5) is 10.2 Å². The normalized spacial score (nSPS) is 23.7. The van der Waals surface area contributed by atoms with E-state index in [4.69, 9.17) is 45.8 Å². The molecule has 5 rings (SSSR count). The molecule has 3 aromatic heterocycles. The number of ether oxygens (including phenoxy) is 6. The highest BCUT2D eigenvalue weighted by atomic mass is 35.5. The van der Waals surface area contributed by atoms with E-state index in [9.17, 15) is 19.2 Å². The van der Waals surface area contributed by atoms with E-state index in [1.54, 1.807) is 13.8 Å². The van der Waals surface area contributed by atoms with Crippen molar-refractivity contribution in [3.63, 3.8) is 0 Å². The standard InChI is InChI=1S/C28H31ClFN5O10S/c1-6-41-24(38)27(25(39)42-7-2,9-13-8-14(46-10-13)23(37)40-5)44-18-17-28(18,45-22(36)12(3)4)16(30)21(43-17)35-11-32-15-19(31)33-26(29)34-20(15)35/h8,10-12,16-18,21H,6-7,9H2,1-5H3,(H2,31,33,34)/t16-,17-,18?,21-,28+/m1/s1. The van der Waals surface area contributed by atoms with Crippen LogP contribution in [0.15, 0.2) is 17.8 Å². The number of hydrogen-bond donors (Lipinski definition) is 1. The number of carbonyl (C=O) groups excluding carboxylic acids is 4. The van der Waals surface area contributed by atoms with Crippen LogP contribution in [0.2, 0.25) is 5.28 Å². The Morgan fingerprint density at radius 2 is 1.87 bits per heavy atom. The molecule has 0 amide bonds. The second kappa shape index (κ2) is 12.7. The highest BCUT2D eigenvalue weighted by Gasteiger charge is 2.84. The van der Waals surface area contributed by atoms with Crippen LogP contribution in [0.25, 0.3) is 11.2 Å². The number of nitrogens with two attached hydrogens (primary N) is 1. The first-order valence-electron chi connectivity index (χ1n) is 14.2. The van der Waals surface area contributed by atoms with Gasteiger partial charge in [-0.05, 0) is 42.5 Å². The molecule has 1 saturated carbocycles. The van der Waals surface area contributed by atoms with Gasteiger partial charge in [0.2, 0.25) is 10.9 Å². The number of fused-ring (bicyclic) bond motifs is 2. The van der Waals surface area contributed by atoms with Crippen molar-refractivity contribution in [1.82, 2.24) is 19.5 Å². The fourth-order valence-electron chi connectivity index (χ4n) is 5.22. The molecule has 2 N–H and O–H groups in total. The molecule has 46 heavy (non-hydrogen) atoms. The van der Waals surface area contributed by atoms with E-state index in [2.05, 4.69) is 15.0 Å². The predicted octanol–water partition coefficient (Wildman–Crippen LogP) is 2.59. The van der Waals surface area contributed by atoms with Gasteiger partial charge in [-0.1, -0.05) is 13.8 Å². The number of carbonyl (C=O) groups is 4. The summed E-state index contributed by atoms with van der Waals surface area (Å²) in [6.07, 6.45) is -5.63. The number of alkyl halides is 1. The van der Waals surface area contributed by atoms with Crippen molar-refractivity contribution in [2.24, 2.45) is 5.92 Å². The zero-order chi connectivity index (χ0) is 33.6. The summed E-state index contributed by atoms with van der Waals surface area (Å²) < 4.78 is 51.2. The summed E-state index contributed by atoms with van der Waals surface area (Å²) in [6, 6.07) is 1.42. The van der Waals surface area contributed by atoms with E-state index in [1.807, 2.05) is 0 Å². The maximum absolute atomic E-state index is 16.8. The largest absolute Gasteiger partial charge is 0.465 e. The monoisotopic (exact) mass is 683 g/mol. The lowest BCUT2D eigenvalue weighted by atomic mass is 9.95. The number of hydrogen-bond acceptors (Lipinski definition) is 15. The fourth-order valence-corrected chi connectivity index (χ4v) is 6.22. The average molecular weight is 684 g/mol. The van der Waals surface area contributed by atoms with Crippen LogP contribution in [-0.4, -0.2) is 93.3 Å².